The smallest absolute Gasteiger partial charge is 0.272 e. The third kappa shape index (κ3) is 3.51. The van der Waals surface area contributed by atoms with Gasteiger partial charge in [-0.1, -0.05) is 64.5 Å². The lowest BCUT2D eigenvalue weighted by atomic mass is 10.0. The number of carbonyl (C=O) groups is 1. The lowest BCUT2D eigenvalue weighted by Crippen LogP contribution is -2.16. The van der Waals surface area contributed by atoms with Crippen LogP contribution in [-0.4, -0.2) is 31.1 Å². The highest BCUT2D eigenvalue weighted by Crippen LogP contribution is 2.32. The predicted octanol–water partition coefficient (Wildman–Crippen LogP) is 5.04. The zero-order valence-electron chi connectivity index (χ0n) is 16.5. The summed E-state index contributed by atoms with van der Waals surface area (Å²) in [5.74, 6) is 0.185. The Morgan fingerprint density at radius 3 is 2.61 bits per heavy atom. The summed E-state index contributed by atoms with van der Waals surface area (Å²) in [6.07, 6.45) is 0. The molecule has 0 spiro atoms. The van der Waals surface area contributed by atoms with E-state index in [1.165, 1.54) is 0 Å². The van der Waals surface area contributed by atoms with Crippen LogP contribution in [0.15, 0.2) is 77.3 Å². The molecule has 0 bridgehead atoms. The molecule has 5 aromatic rings. The van der Waals surface area contributed by atoms with Gasteiger partial charge in [-0.2, -0.15) is 5.21 Å². The average molecular weight is 473 g/mol. The second-order valence-electron chi connectivity index (χ2n) is 7.08. The zero-order valence-corrected chi connectivity index (χ0v) is 18.1. The molecule has 0 saturated carbocycles. The Balaban J connectivity index is 1.56. The highest BCUT2D eigenvalue weighted by molar-refractivity contribution is 9.10. The number of nitrogens with one attached hydrogen (secondary N) is 2. The number of rotatable bonds is 4. The van der Waals surface area contributed by atoms with Crippen LogP contribution in [0.2, 0.25) is 0 Å². The summed E-state index contributed by atoms with van der Waals surface area (Å²) in [6.45, 7) is 0. The molecule has 0 aliphatic carbocycles. The summed E-state index contributed by atoms with van der Waals surface area (Å²) in [4.78, 5) is 13.3. The number of para-hydroxylation sites is 1. The molecule has 31 heavy (non-hydrogen) atoms. The van der Waals surface area contributed by atoms with Crippen molar-refractivity contribution in [1.29, 1.82) is 0 Å². The quantitative estimate of drug-likeness (QED) is 0.383. The van der Waals surface area contributed by atoms with E-state index in [-0.39, 0.29) is 5.91 Å². The van der Waals surface area contributed by atoms with Crippen molar-refractivity contribution in [3.05, 3.63) is 83.0 Å². The van der Waals surface area contributed by atoms with Gasteiger partial charge in [0.05, 0.1) is 11.2 Å². The van der Waals surface area contributed by atoms with Crippen molar-refractivity contribution < 1.29 is 4.79 Å². The van der Waals surface area contributed by atoms with Crippen LogP contribution in [0.3, 0.4) is 0 Å². The third-order valence-corrected chi connectivity index (χ3v) is 5.68. The van der Waals surface area contributed by atoms with E-state index in [0.29, 0.717) is 22.8 Å². The van der Waals surface area contributed by atoms with E-state index in [1.54, 1.807) is 0 Å². The maximum atomic E-state index is 13.3. The summed E-state index contributed by atoms with van der Waals surface area (Å²) >= 11 is 3.46. The van der Waals surface area contributed by atoms with Gasteiger partial charge in [-0.25, -0.2) is 0 Å². The number of halogens is 1. The number of hydrogen-bond acceptors (Lipinski definition) is 4. The van der Waals surface area contributed by atoms with Crippen molar-refractivity contribution in [2.75, 3.05) is 5.32 Å². The first-order valence-electron chi connectivity index (χ1n) is 9.60. The van der Waals surface area contributed by atoms with Gasteiger partial charge in [-0.15, -0.1) is 10.2 Å². The first kappa shape index (κ1) is 19.2. The van der Waals surface area contributed by atoms with Gasteiger partial charge in [-0.05, 0) is 35.0 Å². The third-order valence-electron chi connectivity index (χ3n) is 5.19. The molecule has 5 rings (SSSR count). The highest BCUT2D eigenvalue weighted by Gasteiger charge is 2.19. The molecular weight excluding hydrogens is 456 g/mol. The van der Waals surface area contributed by atoms with Gasteiger partial charge in [0, 0.05) is 28.0 Å². The van der Waals surface area contributed by atoms with Crippen molar-refractivity contribution in [2.45, 2.75) is 0 Å². The van der Waals surface area contributed by atoms with Crippen LogP contribution in [0, 0.1) is 0 Å². The number of carbonyl (C=O) groups excluding carboxylic acids is 1. The Kier molecular flexibility index (Phi) is 4.83. The van der Waals surface area contributed by atoms with Crippen LogP contribution in [0.25, 0.3) is 33.4 Å². The SMILES string of the molecule is Cn1c(C(=O)Nc2ccc(Br)cc2-c2nn[nH]n2)cc2cccc(-c3ccccc3)c21. The number of tetrazole rings is 1. The minimum atomic E-state index is -0.218. The fraction of sp³-hybridized carbons (Fsp3) is 0.0435. The van der Waals surface area contributed by atoms with E-state index in [9.17, 15) is 4.79 Å². The van der Waals surface area contributed by atoms with Gasteiger partial charge in [0.2, 0.25) is 5.82 Å². The molecule has 2 aromatic heterocycles. The van der Waals surface area contributed by atoms with E-state index in [2.05, 4.69) is 60.1 Å². The minimum absolute atomic E-state index is 0.218. The summed E-state index contributed by atoms with van der Waals surface area (Å²) < 4.78 is 2.78. The van der Waals surface area contributed by atoms with E-state index in [4.69, 9.17) is 0 Å². The Morgan fingerprint density at radius 2 is 1.84 bits per heavy atom. The number of amides is 1. The normalized spacial score (nSPS) is 11.0. The first-order valence-corrected chi connectivity index (χ1v) is 10.4. The topological polar surface area (TPSA) is 88.5 Å². The molecule has 0 atom stereocenters. The summed E-state index contributed by atoms with van der Waals surface area (Å²) in [7, 11) is 1.91. The number of benzene rings is 3. The monoisotopic (exact) mass is 472 g/mol. The number of aryl methyl sites for hydroxylation is 1. The highest BCUT2D eigenvalue weighted by atomic mass is 79.9. The van der Waals surface area contributed by atoms with Crippen molar-refractivity contribution in [3.8, 4) is 22.5 Å². The van der Waals surface area contributed by atoms with E-state index < -0.39 is 0 Å². The lowest BCUT2D eigenvalue weighted by molar-refractivity contribution is 0.102. The summed E-state index contributed by atoms with van der Waals surface area (Å²) in [5.41, 5.74) is 5.01. The number of nitrogens with zero attached hydrogens (tertiary/aromatic N) is 4. The lowest BCUT2D eigenvalue weighted by Gasteiger charge is -2.11. The van der Waals surface area contributed by atoms with Crippen molar-refractivity contribution in [2.24, 2.45) is 7.05 Å². The molecule has 0 radical (unpaired) electrons. The van der Waals surface area contributed by atoms with E-state index in [1.807, 2.05) is 66.2 Å². The molecule has 152 valence electrons. The van der Waals surface area contributed by atoms with Gasteiger partial charge in [0.1, 0.15) is 5.69 Å². The van der Waals surface area contributed by atoms with E-state index in [0.717, 1.165) is 26.5 Å². The van der Waals surface area contributed by atoms with Crippen LogP contribution in [0.4, 0.5) is 5.69 Å². The Morgan fingerprint density at radius 1 is 1.00 bits per heavy atom. The molecule has 0 unspecified atom stereocenters. The number of anilines is 1. The molecule has 0 aliphatic heterocycles. The first-order chi connectivity index (χ1) is 15.1. The van der Waals surface area contributed by atoms with Gasteiger partial charge >= 0.3 is 0 Å². The van der Waals surface area contributed by atoms with E-state index >= 15 is 0 Å². The Labute approximate surface area is 186 Å². The maximum Gasteiger partial charge on any atom is 0.272 e. The van der Waals surface area contributed by atoms with Crippen molar-refractivity contribution in [1.82, 2.24) is 25.2 Å². The number of H-pyrrole nitrogens is 1. The van der Waals surface area contributed by atoms with Crippen LogP contribution < -0.4 is 5.32 Å². The zero-order chi connectivity index (χ0) is 21.4. The van der Waals surface area contributed by atoms with Gasteiger partial charge in [0.15, 0.2) is 0 Å². The second kappa shape index (κ2) is 7.81. The van der Waals surface area contributed by atoms with Gasteiger partial charge in [0.25, 0.3) is 5.91 Å². The van der Waals surface area contributed by atoms with Crippen LogP contribution in [0.5, 0.6) is 0 Å². The Hall–Kier alpha value is -3.78. The standard InChI is InChI=1S/C23H17BrN6O/c1-30-20(12-15-8-5-9-17(21(15)30)14-6-3-2-4-7-14)23(31)25-19-11-10-16(24)13-18(19)22-26-28-29-27-22/h2-13H,1H3,(H,25,31)(H,26,27,28,29). The second-order valence-corrected chi connectivity index (χ2v) is 7.99. The molecule has 7 nitrogen and oxygen atoms in total. The van der Waals surface area contributed by atoms with Crippen LogP contribution >= 0.6 is 15.9 Å². The number of hydrogen-bond donors (Lipinski definition) is 2. The number of aromatic nitrogens is 5. The molecule has 8 heteroatoms. The van der Waals surface area contributed by atoms with Crippen LogP contribution in [0.1, 0.15) is 10.5 Å². The fourth-order valence-electron chi connectivity index (χ4n) is 3.76. The maximum absolute atomic E-state index is 13.3. The molecule has 2 heterocycles. The molecule has 0 aliphatic rings. The Bertz CT molecular complexity index is 1390. The molecule has 1 amide bonds. The summed E-state index contributed by atoms with van der Waals surface area (Å²) in [5, 5.41) is 18.2. The van der Waals surface area contributed by atoms with Crippen LogP contribution in [-0.2, 0) is 7.05 Å². The minimum Gasteiger partial charge on any atom is -0.339 e. The van der Waals surface area contributed by atoms with Gasteiger partial charge in [-0.3, -0.25) is 4.79 Å². The molecular formula is C23H17BrN6O. The largest absolute Gasteiger partial charge is 0.339 e. The molecule has 3 aromatic carbocycles. The van der Waals surface area contributed by atoms with Crippen molar-refractivity contribution >= 4 is 38.4 Å². The number of aromatic amines is 1. The fourth-order valence-corrected chi connectivity index (χ4v) is 4.12. The molecule has 0 saturated heterocycles. The van der Waals surface area contributed by atoms with Crippen molar-refractivity contribution in [3.63, 3.8) is 0 Å². The number of fused-ring (bicyclic) bond motifs is 1. The molecule has 2 N–H and O–H groups in total. The van der Waals surface area contributed by atoms with Gasteiger partial charge < -0.3 is 9.88 Å². The molecule has 0 fully saturated rings. The average Bonchev–Trinajstić information content (AvgIpc) is 3.44. The summed E-state index contributed by atoms with van der Waals surface area (Å²) in [6, 6.07) is 23.7. The predicted molar refractivity (Wildman–Crippen MR) is 124 cm³/mol.